The third-order valence-corrected chi connectivity index (χ3v) is 3.56. The van der Waals surface area contributed by atoms with Gasteiger partial charge in [-0.05, 0) is 28.5 Å². The second-order valence-electron chi connectivity index (χ2n) is 4.90. The van der Waals surface area contributed by atoms with Gasteiger partial charge >= 0.3 is 0 Å². The molecule has 108 valence electrons. The summed E-state index contributed by atoms with van der Waals surface area (Å²) in [6.45, 7) is 0.423. The zero-order valence-electron chi connectivity index (χ0n) is 12.2. The highest BCUT2D eigenvalue weighted by Gasteiger charge is 2.07. The van der Waals surface area contributed by atoms with E-state index in [-0.39, 0.29) is 0 Å². The molecule has 0 aliphatic rings. The molecule has 3 rings (SSSR count). The molecule has 0 bridgehead atoms. The van der Waals surface area contributed by atoms with Crippen LogP contribution in [0.2, 0.25) is 0 Å². The zero-order chi connectivity index (χ0) is 15.4. The predicted octanol–water partition coefficient (Wildman–Crippen LogP) is 4.30. The molecule has 0 aliphatic heterocycles. The standard InChI is InChI=1S/C19H15NO2/c1-21-18-10-9-14(12-20)11-19(18)22-13-16-7-4-6-15-5-2-3-8-17(15)16/h2-11H,13H2,1H3. The van der Waals surface area contributed by atoms with Gasteiger partial charge in [0.2, 0.25) is 0 Å². The highest BCUT2D eigenvalue weighted by atomic mass is 16.5. The Hall–Kier alpha value is -2.99. The van der Waals surface area contributed by atoms with Gasteiger partial charge in [-0.1, -0.05) is 42.5 Å². The maximum absolute atomic E-state index is 9.01. The minimum absolute atomic E-state index is 0.423. The third-order valence-electron chi connectivity index (χ3n) is 3.56. The van der Waals surface area contributed by atoms with Crippen LogP contribution in [-0.4, -0.2) is 7.11 Å². The van der Waals surface area contributed by atoms with Crippen molar-refractivity contribution in [1.29, 1.82) is 5.26 Å². The number of hydrogen-bond acceptors (Lipinski definition) is 3. The van der Waals surface area contributed by atoms with E-state index < -0.39 is 0 Å². The maximum Gasteiger partial charge on any atom is 0.162 e. The summed E-state index contributed by atoms with van der Waals surface area (Å²) < 4.78 is 11.2. The van der Waals surface area contributed by atoms with Crippen molar-refractivity contribution in [2.75, 3.05) is 7.11 Å². The molecular formula is C19H15NO2. The summed E-state index contributed by atoms with van der Waals surface area (Å²) in [5.74, 6) is 1.20. The highest BCUT2D eigenvalue weighted by molar-refractivity contribution is 5.85. The van der Waals surface area contributed by atoms with E-state index in [2.05, 4.69) is 24.3 Å². The van der Waals surface area contributed by atoms with E-state index in [1.165, 1.54) is 10.8 Å². The lowest BCUT2D eigenvalue weighted by Crippen LogP contribution is -1.99. The number of nitrogens with zero attached hydrogens (tertiary/aromatic N) is 1. The molecule has 3 aromatic rings. The molecule has 3 nitrogen and oxygen atoms in total. The Bertz CT molecular complexity index is 844. The van der Waals surface area contributed by atoms with Crippen LogP contribution in [0.3, 0.4) is 0 Å². The highest BCUT2D eigenvalue weighted by Crippen LogP contribution is 2.29. The van der Waals surface area contributed by atoms with Gasteiger partial charge in [-0.25, -0.2) is 0 Å². The van der Waals surface area contributed by atoms with Crippen LogP contribution in [0, 0.1) is 11.3 Å². The fourth-order valence-electron chi connectivity index (χ4n) is 2.43. The molecule has 3 heteroatoms. The lowest BCUT2D eigenvalue weighted by atomic mass is 10.1. The number of methoxy groups -OCH3 is 1. The lowest BCUT2D eigenvalue weighted by molar-refractivity contribution is 0.285. The number of ether oxygens (including phenoxy) is 2. The molecule has 0 N–H and O–H groups in total. The van der Waals surface area contributed by atoms with Crippen molar-refractivity contribution in [2.24, 2.45) is 0 Å². The number of benzene rings is 3. The van der Waals surface area contributed by atoms with E-state index >= 15 is 0 Å². The molecule has 0 aliphatic carbocycles. The fraction of sp³-hybridized carbons (Fsp3) is 0.105. The molecular weight excluding hydrogens is 274 g/mol. The Morgan fingerprint density at radius 2 is 1.77 bits per heavy atom. The SMILES string of the molecule is COc1ccc(C#N)cc1OCc1cccc2ccccc12. The zero-order valence-corrected chi connectivity index (χ0v) is 12.2. The van der Waals surface area contributed by atoms with Crippen molar-refractivity contribution >= 4 is 10.8 Å². The van der Waals surface area contributed by atoms with E-state index in [9.17, 15) is 0 Å². The summed E-state index contributed by atoms with van der Waals surface area (Å²) in [5.41, 5.74) is 1.65. The number of rotatable bonds is 4. The van der Waals surface area contributed by atoms with Gasteiger partial charge in [0.1, 0.15) is 6.61 Å². The first-order chi connectivity index (χ1) is 10.8. The monoisotopic (exact) mass is 289 g/mol. The van der Waals surface area contributed by atoms with Crippen molar-refractivity contribution in [3.63, 3.8) is 0 Å². The molecule has 0 unspecified atom stereocenters. The average Bonchev–Trinajstić information content (AvgIpc) is 2.59. The van der Waals surface area contributed by atoms with Gasteiger partial charge in [-0.3, -0.25) is 0 Å². The predicted molar refractivity (Wildman–Crippen MR) is 86.0 cm³/mol. The van der Waals surface area contributed by atoms with Crippen molar-refractivity contribution in [1.82, 2.24) is 0 Å². The first-order valence-corrected chi connectivity index (χ1v) is 6.99. The average molecular weight is 289 g/mol. The van der Waals surface area contributed by atoms with Crippen LogP contribution < -0.4 is 9.47 Å². The van der Waals surface area contributed by atoms with E-state index in [1.54, 1.807) is 25.3 Å². The number of nitriles is 1. The van der Waals surface area contributed by atoms with Gasteiger partial charge in [0.15, 0.2) is 11.5 Å². The molecule has 0 aromatic heterocycles. The molecule has 0 saturated heterocycles. The Morgan fingerprint density at radius 1 is 0.955 bits per heavy atom. The van der Waals surface area contributed by atoms with E-state index in [0.29, 0.717) is 23.7 Å². The summed E-state index contributed by atoms with van der Waals surface area (Å²) in [4.78, 5) is 0. The van der Waals surface area contributed by atoms with Gasteiger partial charge < -0.3 is 9.47 Å². The van der Waals surface area contributed by atoms with Gasteiger partial charge in [0.25, 0.3) is 0 Å². The smallest absolute Gasteiger partial charge is 0.162 e. The fourth-order valence-corrected chi connectivity index (χ4v) is 2.43. The van der Waals surface area contributed by atoms with Crippen LogP contribution >= 0.6 is 0 Å². The first kappa shape index (κ1) is 14.0. The Morgan fingerprint density at radius 3 is 2.59 bits per heavy atom. The van der Waals surface area contributed by atoms with Crippen LogP contribution in [0.15, 0.2) is 60.7 Å². The minimum Gasteiger partial charge on any atom is -0.493 e. The molecule has 0 atom stereocenters. The third kappa shape index (κ3) is 2.72. The Balaban J connectivity index is 1.90. The largest absolute Gasteiger partial charge is 0.493 e. The Kier molecular flexibility index (Phi) is 3.93. The van der Waals surface area contributed by atoms with Crippen LogP contribution in [-0.2, 0) is 6.61 Å². The molecule has 0 spiro atoms. The van der Waals surface area contributed by atoms with Crippen molar-refractivity contribution in [3.8, 4) is 17.6 Å². The van der Waals surface area contributed by atoms with Crippen molar-refractivity contribution < 1.29 is 9.47 Å². The second-order valence-corrected chi connectivity index (χ2v) is 4.90. The molecule has 22 heavy (non-hydrogen) atoms. The van der Waals surface area contributed by atoms with Crippen LogP contribution in [0.5, 0.6) is 11.5 Å². The summed E-state index contributed by atoms with van der Waals surface area (Å²) >= 11 is 0. The van der Waals surface area contributed by atoms with Crippen LogP contribution in [0.1, 0.15) is 11.1 Å². The summed E-state index contributed by atoms with van der Waals surface area (Å²) in [6.07, 6.45) is 0. The normalized spacial score (nSPS) is 10.2. The van der Waals surface area contributed by atoms with Gasteiger partial charge in [0, 0.05) is 6.07 Å². The van der Waals surface area contributed by atoms with Gasteiger partial charge in [-0.2, -0.15) is 5.26 Å². The van der Waals surface area contributed by atoms with Crippen molar-refractivity contribution in [3.05, 3.63) is 71.8 Å². The molecule has 0 amide bonds. The maximum atomic E-state index is 9.01. The first-order valence-electron chi connectivity index (χ1n) is 6.99. The molecule has 0 radical (unpaired) electrons. The summed E-state index contributed by atoms with van der Waals surface area (Å²) in [7, 11) is 1.59. The van der Waals surface area contributed by atoms with Crippen molar-refractivity contribution in [2.45, 2.75) is 6.61 Å². The van der Waals surface area contributed by atoms with Gasteiger partial charge in [-0.15, -0.1) is 0 Å². The van der Waals surface area contributed by atoms with Gasteiger partial charge in [0.05, 0.1) is 18.7 Å². The number of fused-ring (bicyclic) bond motifs is 1. The minimum atomic E-state index is 0.423. The number of hydrogen-bond donors (Lipinski definition) is 0. The Labute approximate surface area is 129 Å². The molecule has 0 heterocycles. The van der Waals surface area contributed by atoms with E-state index in [4.69, 9.17) is 14.7 Å². The molecule has 0 saturated carbocycles. The molecule has 3 aromatic carbocycles. The van der Waals surface area contributed by atoms with E-state index in [1.807, 2.05) is 24.3 Å². The van der Waals surface area contributed by atoms with E-state index in [0.717, 1.165) is 5.56 Å². The van der Waals surface area contributed by atoms with Crippen LogP contribution in [0.4, 0.5) is 0 Å². The summed E-state index contributed by atoms with van der Waals surface area (Å²) in [6, 6.07) is 21.6. The van der Waals surface area contributed by atoms with Crippen LogP contribution in [0.25, 0.3) is 10.8 Å². The topological polar surface area (TPSA) is 42.2 Å². The molecule has 0 fully saturated rings. The summed E-state index contributed by atoms with van der Waals surface area (Å²) in [5, 5.41) is 11.4. The quantitative estimate of drug-likeness (QED) is 0.719. The second kappa shape index (κ2) is 6.19. The lowest BCUT2D eigenvalue weighted by Gasteiger charge is -2.12.